The summed E-state index contributed by atoms with van der Waals surface area (Å²) in [5.41, 5.74) is 0. The largest absolute Gasteiger partial charge is 0.397 e. The maximum absolute atomic E-state index is 7.57. The van der Waals surface area contributed by atoms with E-state index in [2.05, 4.69) is 0 Å². The molecular formula is C6H18O3Si. The fourth-order valence-corrected chi connectivity index (χ4v) is 0. The van der Waals surface area contributed by atoms with Gasteiger partial charge in [-0.25, -0.2) is 0 Å². The molecule has 0 aliphatic heterocycles. The molecule has 3 N–H and O–H groups in total. The molecule has 0 amide bonds. The first-order valence-electron chi connectivity index (χ1n) is 3.07. The summed E-state index contributed by atoms with van der Waals surface area (Å²) < 4.78 is 0. The van der Waals surface area contributed by atoms with Gasteiger partial charge in [0.15, 0.2) is 0 Å². The lowest BCUT2D eigenvalue weighted by Gasteiger charge is -1.52. The summed E-state index contributed by atoms with van der Waals surface area (Å²) in [6.45, 7) is 5.79. The summed E-state index contributed by atoms with van der Waals surface area (Å²) in [4.78, 5) is 0. The standard InChI is InChI=1S/3C2H6O.Si/c3*1-2-3;/h3*3H,2H2,1H3;. The molecule has 0 unspecified atom stereocenters. The Morgan fingerprint density at radius 2 is 0.700 bits per heavy atom. The van der Waals surface area contributed by atoms with Gasteiger partial charge in [-0.05, 0) is 20.8 Å². The lowest BCUT2D eigenvalue weighted by Crippen LogP contribution is -1.57. The van der Waals surface area contributed by atoms with Crippen LogP contribution in [-0.4, -0.2) is 46.1 Å². The molecule has 0 aliphatic rings. The minimum Gasteiger partial charge on any atom is -0.397 e. The Morgan fingerprint density at radius 3 is 0.700 bits per heavy atom. The monoisotopic (exact) mass is 166 g/mol. The molecule has 4 radical (unpaired) electrons. The van der Waals surface area contributed by atoms with Crippen LogP contribution in [-0.2, 0) is 0 Å². The van der Waals surface area contributed by atoms with Crippen LogP contribution in [0.4, 0.5) is 0 Å². The highest BCUT2D eigenvalue weighted by atomic mass is 28.1. The summed E-state index contributed by atoms with van der Waals surface area (Å²) in [5.74, 6) is 0. The zero-order chi connectivity index (χ0) is 8.12. The van der Waals surface area contributed by atoms with Crippen molar-refractivity contribution in [3.8, 4) is 0 Å². The molecule has 0 aromatic carbocycles. The van der Waals surface area contributed by atoms with Crippen molar-refractivity contribution in [2.75, 3.05) is 19.8 Å². The van der Waals surface area contributed by atoms with Gasteiger partial charge in [0, 0.05) is 30.8 Å². The van der Waals surface area contributed by atoms with Crippen LogP contribution < -0.4 is 0 Å². The van der Waals surface area contributed by atoms with E-state index < -0.39 is 0 Å². The summed E-state index contributed by atoms with van der Waals surface area (Å²) >= 11 is 0. The van der Waals surface area contributed by atoms with Crippen molar-refractivity contribution in [1.29, 1.82) is 0 Å². The van der Waals surface area contributed by atoms with Crippen LogP contribution in [0.25, 0.3) is 0 Å². The summed E-state index contributed by atoms with van der Waals surface area (Å²) in [7, 11) is 0. The summed E-state index contributed by atoms with van der Waals surface area (Å²) in [5, 5.41) is 22.7. The quantitative estimate of drug-likeness (QED) is 0.430. The van der Waals surface area contributed by atoms with E-state index in [1.165, 1.54) is 0 Å². The molecule has 3 nitrogen and oxygen atoms in total. The molecule has 0 saturated heterocycles. The van der Waals surface area contributed by atoms with Gasteiger partial charge in [-0.1, -0.05) is 0 Å². The van der Waals surface area contributed by atoms with Gasteiger partial charge in [-0.2, -0.15) is 0 Å². The van der Waals surface area contributed by atoms with Crippen molar-refractivity contribution < 1.29 is 15.3 Å². The Balaban J connectivity index is -0.0000000257. The molecule has 0 aliphatic carbocycles. The van der Waals surface area contributed by atoms with Crippen LogP contribution in [0.5, 0.6) is 0 Å². The number of hydrogen-bond donors (Lipinski definition) is 3. The second kappa shape index (κ2) is 62.2. The molecule has 0 rings (SSSR count). The first-order chi connectivity index (χ1) is 4.24. The van der Waals surface area contributed by atoms with Crippen LogP contribution >= 0.6 is 0 Å². The van der Waals surface area contributed by atoms with Gasteiger partial charge in [0.25, 0.3) is 0 Å². The molecule has 0 aromatic heterocycles. The highest BCUT2D eigenvalue weighted by Crippen LogP contribution is 1.30. The lowest BCUT2D eigenvalue weighted by atomic mass is 10.9. The Kier molecular flexibility index (Phi) is 140. The third kappa shape index (κ3) is 43400. The van der Waals surface area contributed by atoms with E-state index in [-0.39, 0.29) is 30.8 Å². The molecule has 10 heavy (non-hydrogen) atoms. The highest BCUT2D eigenvalue weighted by Gasteiger charge is 1.35. The van der Waals surface area contributed by atoms with E-state index in [0.29, 0.717) is 0 Å². The first-order valence-corrected chi connectivity index (χ1v) is 3.07. The van der Waals surface area contributed by atoms with Gasteiger partial charge in [0.05, 0.1) is 0 Å². The van der Waals surface area contributed by atoms with Gasteiger partial charge in [-0.15, -0.1) is 0 Å². The Hall–Kier alpha value is 0.0969. The molecule has 0 bridgehead atoms. The molecule has 4 heteroatoms. The zero-order valence-corrected chi connectivity index (χ0v) is 7.96. The second-order valence-corrected chi connectivity index (χ2v) is 0.949. The number of aliphatic hydroxyl groups excluding tert-OH is 3. The Bertz CT molecular complexity index is 17.7. The van der Waals surface area contributed by atoms with E-state index in [1.54, 1.807) is 20.8 Å². The van der Waals surface area contributed by atoms with Crippen molar-refractivity contribution in [2.24, 2.45) is 0 Å². The van der Waals surface area contributed by atoms with Crippen LogP contribution in [0.2, 0.25) is 0 Å². The maximum Gasteiger partial charge on any atom is 0.0402 e. The number of hydrogen-bond acceptors (Lipinski definition) is 3. The van der Waals surface area contributed by atoms with Gasteiger partial charge >= 0.3 is 0 Å². The first kappa shape index (κ1) is 22.5. The minimum atomic E-state index is 0. The Morgan fingerprint density at radius 1 is 0.700 bits per heavy atom. The van der Waals surface area contributed by atoms with Gasteiger partial charge in [-0.3, -0.25) is 0 Å². The smallest absolute Gasteiger partial charge is 0.0402 e. The van der Waals surface area contributed by atoms with Crippen LogP contribution in [0.3, 0.4) is 0 Å². The predicted molar refractivity (Wildman–Crippen MR) is 44.0 cm³/mol. The predicted octanol–water partition coefficient (Wildman–Crippen LogP) is -0.385. The van der Waals surface area contributed by atoms with E-state index in [4.69, 9.17) is 15.3 Å². The zero-order valence-electron chi connectivity index (χ0n) is 6.96. The molecule has 0 fully saturated rings. The number of aliphatic hydroxyl groups is 3. The molecule has 0 atom stereocenters. The lowest BCUT2D eigenvalue weighted by molar-refractivity contribution is 0.318. The van der Waals surface area contributed by atoms with E-state index in [0.717, 1.165) is 0 Å². The average molecular weight is 166 g/mol. The molecule has 0 saturated carbocycles. The van der Waals surface area contributed by atoms with Crippen LogP contribution in [0.1, 0.15) is 20.8 Å². The maximum atomic E-state index is 7.57. The fourth-order valence-electron chi connectivity index (χ4n) is 0. The molecule has 64 valence electrons. The van der Waals surface area contributed by atoms with Gasteiger partial charge in [0.2, 0.25) is 0 Å². The SMILES string of the molecule is CCO.CCO.CCO.[Si]. The molecular weight excluding hydrogens is 148 g/mol. The van der Waals surface area contributed by atoms with Crippen molar-refractivity contribution in [1.82, 2.24) is 0 Å². The number of rotatable bonds is 0. The third-order valence-corrected chi connectivity index (χ3v) is 0. The van der Waals surface area contributed by atoms with E-state index in [1.807, 2.05) is 0 Å². The Labute approximate surface area is 67.7 Å². The second-order valence-electron chi connectivity index (χ2n) is 0.949. The summed E-state index contributed by atoms with van der Waals surface area (Å²) in [6.07, 6.45) is 0. The van der Waals surface area contributed by atoms with E-state index >= 15 is 0 Å². The fraction of sp³-hybridized carbons (Fsp3) is 1.00. The molecule has 0 aromatic rings. The molecule has 0 spiro atoms. The van der Waals surface area contributed by atoms with Gasteiger partial charge < -0.3 is 15.3 Å². The van der Waals surface area contributed by atoms with Crippen molar-refractivity contribution in [3.05, 3.63) is 0 Å². The third-order valence-electron chi connectivity index (χ3n) is 0. The van der Waals surface area contributed by atoms with Crippen LogP contribution in [0.15, 0.2) is 0 Å². The minimum absolute atomic E-state index is 0. The topological polar surface area (TPSA) is 60.7 Å². The summed E-state index contributed by atoms with van der Waals surface area (Å²) in [6, 6.07) is 0. The van der Waals surface area contributed by atoms with Gasteiger partial charge in [0.1, 0.15) is 0 Å². The van der Waals surface area contributed by atoms with Crippen molar-refractivity contribution in [3.63, 3.8) is 0 Å². The normalized spacial score (nSPS) is 5.40. The molecule has 0 heterocycles. The van der Waals surface area contributed by atoms with Crippen molar-refractivity contribution >= 4 is 11.0 Å². The van der Waals surface area contributed by atoms with Crippen LogP contribution in [0, 0.1) is 0 Å². The van der Waals surface area contributed by atoms with Crippen molar-refractivity contribution in [2.45, 2.75) is 20.8 Å². The average Bonchev–Trinajstić information content (AvgIpc) is 1.70. The van der Waals surface area contributed by atoms with E-state index in [9.17, 15) is 0 Å². The highest BCUT2D eigenvalue weighted by molar-refractivity contribution is 5.75.